The highest BCUT2D eigenvalue weighted by Crippen LogP contribution is 2.50. The predicted molar refractivity (Wildman–Crippen MR) is 263 cm³/mol. The molecule has 3 nitrogen and oxygen atoms in total. The summed E-state index contributed by atoms with van der Waals surface area (Å²) in [5, 5.41) is 19.8. The van der Waals surface area contributed by atoms with Gasteiger partial charge in [0.05, 0.1) is 33.7 Å². The molecule has 1 aliphatic carbocycles. The average Bonchev–Trinajstić information content (AvgIpc) is 3.92. The molecule has 0 aliphatic heterocycles. The van der Waals surface area contributed by atoms with Crippen LogP contribution in [0.3, 0.4) is 0 Å². The summed E-state index contributed by atoms with van der Waals surface area (Å²) < 4.78 is 4.90. The fraction of sp³-hybridized carbons (Fsp3) is 0.0500. The number of para-hydroxylation sites is 2. The van der Waals surface area contributed by atoms with Crippen molar-refractivity contribution >= 4 is 65.2 Å². The normalized spacial score (nSPS) is 13.0. The van der Waals surface area contributed by atoms with Gasteiger partial charge in [-0.2, -0.15) is 5.26 Å². The van der Waals surface area contributed by atoms with Gasteiger partial charge in [-0.1, -0.05) is 135 Å². The maximum Gasteiger partial charge on any atom is 0.0991 e. The first-order valence-corrected chi connectivity index (χ1v) is 21.7. The van der Waals surface area contributed by atoms with Crippen molar-refractivity contribution in [3.05, 3.63) is 217 Å². The molecule has 0 radical (unpaired) electrons. The Morgan fingerprint density at radius 2 is 1.00 bits per heavy atom. The number of rotatable bonds is 4. The lowest BCUT2D eigenvalue weighted by Gasteiger charge is -2.22. The Labute approximate surface area is 364 Å². The Morgan fingerprint density at radius 3 is 1.79 bits per heavy atom. The van der Waals surface area contributed by atoms with Crippen molar-refractivity contribution in [1.82, 2.24) is 9.13 Å². The second-order valence-electron chi connectivity index (χ2n) is 17.7. The fourth-order valence-corrected chi connectivity index (χ4v) is 10.8. The molecule has 3 heteroatoms. The molecule has 2 aromatic heterocycles. The van der Waals surface area contributed by atoms with Crippen molar-refractivity contribution in [2.45, 2.75) is 19.3 Å². The van der Waals surface area contributed by atoms with Crippen LogP contribution in [0.15, 0.2) is 200 Å². The Bertz CT molecular complexity index is 3950. The molecular formula is C60H39N3. The minimum absolute atomic E-state index is 0.261. The van der Waals surface area contributed by atoms with E-state index < -0.39 is 0 Å². The van der Waals surface area contributed by atoms with Crippen LogP contribution in [0.2, 0.25) is 0 Å². The summed E-state index contributed by atoms with van der Waals surface area (Å²) in [6.07, 6.45) is 0. The minimum atomic E-state index is -0.261. The van der Waals surface area contributed by atoms with Gasteiger partial charge in [-0.25, -0.2) is 0 Å². The van der Waals surface area contributed by atoms with Crippen LogP contribution >= 0.6 is 0 Å². The fourth-order valence-electron chi connectivity index (χ4n) is 10.8. The second-order valence-corrected chi connectivity index (χ2v) is 17.7. The molecule has 0 amide bonds. The molecule has 0 saturated heterocycles. The van der Waals surface area contributed by atoms with Gasteiger partial charge < -0.3 is 9.13 Å². The molecule has 0 spiro atoms. The standard InChI is InChI=1S/C60H39N3/c1-60(2)53-28-37(36-61)20-24-48(53)49-25-21-41(33-54(49)60)43-29-44(31-46(30-43)63-55-19-11-10-18-51(55)59-47-17-9-8-12-38(47)23-27-56(59)63)42-22-26-50-52-32-39-13-6-7-14-40(39)34-58(52)62(57(50)35-42)45-15-4-3-5-16-45/h3-35H,1-2H3. The van der Waals surface area contributed by atoms with Crippen LogP contribution in [0.25, 0.3) is 110 Å². The average molecular weight is 802 g/mol. The van der Waals surface area contributed by atoms with Crippen molar-refractivity contribution in [2.75, 3.05) is 0 Å². The molecular weight excluding hydrogens is 763 g/mol. The van der Waals surface area contributed by atoms with Crippen molar-refractivity contribution in [3.8, 4) is 50.8 Å². The molecule has 13 rings (SSSR count). The van der Waals surface area contributed by atoms with Crippen LogP contribution in [0, 0.1) is 11.3 Å². The van der Waals surface area contributed by atoms with Crippen molar-refractivity contribution in [1.29, 1.82) is 5.26 Å². The largest absolute Gasteiger partial charge is 0.309 e. The highest BCUT2D eigenvalue weighted by atomic mass is 15.0. The number of benzene rings is 10. The summed E-state index contributed by atoms with van der Waals surface area (Å²) >= 11 is 0. The smallest absolute Gasteiger partial charge is 0.0991 e. The van der Waals surface area contributed by atoms with E-state index in [1.807, 2.05) is 6.07 Å². The van der Waals surface area contributed by atoms with Crippen molar-refractivity contribution in [3.63, 3.8) is 0 Å². The molecule has 0 saturated carbocycles. The lowest BCUT2D eigenvalue weighted by molar-refractivity contribution is 0.660. The summed E-state index contributed by atoms with van der Waals surface area (Å²) in [5.74, 6) is 0. The van der Waals surface area contributed by atoms with Gasteiger partial charge >= 0.3 is 0 Å². The summed E-state index contributed by atoms with van der Waals surface area (Å²) in [4.78, 5) is 0. The van der Waals surface area contributed by atoms with Gasteiger partial charge in [0.2, 0.25) is 0 Å². The van der Waals surface area contributed by atoms with E-state index in [2.05, 4.69) is 223 Å². The van der Waals surface area contributed by atoms with E-state index in [0.29, 0.717) is 5.56 Å². The number of fused-ring (bicyclic) bond motifs is 12. The van der Waals surface area contributed by atoms with Gasteiger partial charge in [0, 0.05) is 38.3 Å². The SMILES string of the molecule is CC1(C)c2cc(C#N)ccc2-c2ccc(-c3cc(-c4ccc5c6cc7ccccc7cc6n(-c6ccccc6)c5c4)cc(-n4c5ccccc5c5c6ccccc6ccc54)c3)cc21. The van der Waals surface area contributed by atoms with Gasteiger partial charge in [0.15, 0.2) is 0 Å². The number of hydrogen-bond donors (Lipinski definition) is 0. The van der Waals surface area contributed by atoms with E-state index in [-0.39, 0.29) is 5.41 Å². The molecule has 0 atom stereocenters. The zero-order valence-corrected chi connectivity index (χ0v) is 34.9. The maximum atomic E-state index is 9.81. The first kappa shape index (κ1) is 35.6. The Balaban J connectivity index is 1.08. The van der Waals surface area contributed by atoms with Gasteiger partial charge in [-0.3, -0.25) is 0 Å². The third kappa shape index (κ3) is 5.19. The zero-order chi connectivity index (χ0) is 42.0. The molecule has 0 unspecified atom stereocenters. The first-order valence-electron chi connectivity index (χ1n) is 21.7. The predicted octanol–water partition coefficient (Wildman–Crippen LogP) is 15.7. The molecule has 2 heterocycles. The zero-order valence-electron chi connectivity index (χ0n) is 34.9. The monoisotopic (exact) mass is 801 g/mol. The van der Waals surface area contributed by atoms with Gasteiger partial charge in [0.1, 0.15) is 0 Å². The number of aromatic nitrogens is 2. The van der Waals surface area contributed by atoms with Crippen LogP contribution in [0.4, 0.5) is 0 Å². The Hall–Kier alpha value is -8.19. The molecule has 1 aliphatic rings. The highest BCUT2D eigenvalue weighted by Gasteiger charge is 2.36. The van der Waals surface area contributed by atoms with E-state index in [4.69, 9.17) is 0 Å². The second kappa shape index (κ2) is 13.2. The van der Waals surface area contributed by atoms with E-state index in [9.17, 15) is 5.26 Å². The quantitative estimate of drug-likeness (QED) is 0.174. The molecule has 10 aromatic carbocycles. The number of nitrogens with zero attached hydrogens (tertiary/aromatic N) is 3. The summed E-state index contributed by atoms with van der Waals surface area (Å²) in [5.41, 5.74) is 17.0. The van der Waals surface area contributed by atoms with Gasteiger partial charge in [-0.05, 0) is 145 Å². The lowest BCUT2D eigenvalue weighted by atomic mass is 9.81. The topological polar surface area (TPSA) is 33.6 Å². The lowest BCUT2D eigenvalue weighted by Crippen LogP contribution is -2.15. The van der Waals surface area contributed by atoms with E-state index in [1.54, 1.807) is 0 Å². The molecule has 294 valence electrons. The highest BCUT2D eigenvalue weighted by molar-refractivity contribution is 6.21. The summed E-state index contributed by atoms with van der Waals surface area (Å²) in [6, 6.07) is 75.9. The molecule has 12 aromatic rings. The number of nitriles is 1. The summed E-state index contributed by atoms with van der Waals surface area (Å²) in [7, 11) is 0. The van der Waals surface area contributed by atoms with Crippen molar-refractivity contribution in [2.24, 2.45) is 0 Å². The van der Waals surface area contributed by atoms with Crippen LogP contribution in [0.1, 0.15) is 30.5 Å². The van der Waals surface area contributed by atoms with Gasteiger partial charge in [0.25, 0.3) is 0 Å². The van der Waals surface area contributed by atoms with Crippen molar-refractivity contribution < 1.29 is 0 Å². The Kier molecular flexibility index (Phi) is 7.42. The van der Waals surface area contributed by atoms with Gasteiger partial charge in [-0.15, -0.1) is 0 Å². The third-order valence-electron chi connectivity index (χ3n) is 13.9. The molecule has 0 N–H and O–H groups in total. The molecule has 63 heavy (non-hydrogen) atoms. The van der Waals surface area contributed by atoms with E-state index in [1.165, 1.54) is 87.4 Å². The summed E-state index contributed by atoms with van der Waals surface area (Å²) in [6.45, 7) is 4.58. The van der Waals surface area contributed by atoms with E-state index in [0.717, 1.165) is 33.6 Å². The minimum Gasteiger partial charge on any atom is -0.309 e. The van der Waals surface area contributed by atoms with Crippen LogP contribution in [-0.2, 0) is 5.41 Å². The Morgan fingerprint density at radius 1 is 0.381 bits per heavy atom. The maximum absolute atomic E-state index is 9.81. The molecule has 0 bridgehead atoms. The third-order valence-corrected chi connectivity index (χ3v) is 13.9. The molecule has 0 fully saturated rings. The first-order chi connectivity index (χ1) is 30.9. The van der Waals surface area contributed by atoms with E-state index >= 15 is 0 Å². The van der Waals surface area contributed by atoms with Crippen LogP contribution in [-0.4, -0.2) is 9.13 Å². The van der Waals surface area contributed by atoms with Crippen LogP contribution in [0.5, 0.6) is 0 Å². The van der Waals surface area contributed by atoms with Crippen LogP contribution < -0.4 is 0 Å². The number of hydrogen-bond acceptors (Lipinski definition) is 1.